The van der Waals surface area contributed by atoms with E-state index in [0.29, 0.717) is 6.54 Å². The minimum Gasteiger partial charge on any atom is -0.398 e. The predicted octanol–water partition coefficient (Wildman–Crippen LogP) is 1.43. The van der Waals surface area contributed by atoms with Gasteiger partial charge >= 0.3 is 0 Å². The quantitative estimate of drug-likeness (QED) is 0.857. The van der Waals surface area contributed by atoms with E-state index in [-0.39, 0.29) is 22.2 Å². The van der Waals surface area contributed by atoms with E-state index in [1.807, 2.05) is 7.05 Å². The Balaban J connectivity index is 2.33. The largest absolute Gasteiger partial charge is 0.398 e. The number of benzene rings is 1. The number of halogens is 1. The van der Waals surface area contributed by atoms with Crippen LogP contribution < -0.4 is 5.73 Å². The molecule has 1 saturated heterocycles. The summed E-state index contributed by atoms with van der Waals surface area (Å²) in [6, 6.07) is 2.28. The molecule has 21 heavy (non-hydrogen) atoms. The van der Waals surface area contributed by atoms with E-state index in [9.17, 15) is 12.8 Å². The third kappa shape index (κ3) is 3.20. The lowest BCUT2D eigenvalue weighted by atomic mass is 10.1. The Labute approximate surface area is 125 Å². The first-order chi connectivity index (χ1) is 9.73. The lowest BCUT2D eigenvalue weighted by Crippen LogP contribution is -2.47. The van der Waals surface area contributed by atoms with Crippen molar-refractivity contribution in [3.63, 3.8) is 0 Å². The van der Waals surface area contributed by atoms with E-state index in [0.717, 1.165) is 25.5 Å². The van der Waals surface area contributed by atoms with E-state index < -0.39 is 15.8 Å². The summed E-state index contributed by atoms with van der Waals surface area (Å²) in [4.78, 5) is 2.02. The SMILES string of the molecule is Cc1c(N)cc(S(=O)(=O)N(C)C2CCCN(C)C2)cc1F. The maximum Gasteiger partial charge on any atom is 0.243 e. The van der Waals surface area contributed by atoms with Crippen LogP contribution in [0.25, 0.3) is 0 Å². The average Bonchev–Trinajstić information content (AvgIpc) is 2.43. The van der Waals surface area contributed by atoms with Crippen molar-refractivity contribution in [1.82, 2.24) is 9.21 Å². The van der Waals surface area contributed by atoms with Crippen LogP contribution in [0.4, 0.5) is 10.1 Å². The average molecular weight is 315 g/mol. The molecule has 5 nitrogen and oxygen atoms in total. The smallest absolute Gasteiger partial charge is 0.243 e. The Bertz CT molecular complexity index is 610. The molecule has 0 spiro atoms. The summed E-state index contributed by atoms with van der Waals surface area (Å²) < 4.78 is 40.4. The lowest BCUT2D eigenvalue weighted by Gasteiger charge is -2.35. The van der Waals surface area contributed by atoms with Gasteiger partial charge in [0.2, 0.25) is 10.0 Å². The Kier molecular flexibility index (Phi) is 4.55. The maximum atomic E-state index is 13.8. The fourth-order valence-corrected chi connectivity index (χ4v) is 4.05. The van der Waals surface area contributed by atoms with Crippen LogP contribution in [0, 0.1) is 12.7 Å². The van der Waals surface area contributed by atoms with E-state index in [2.05, 4.69) is 4.90 Å². The van der Waals surface area contributed by atoms with Gasteiger partial charge in [-0.3, -0.25) is 0 Å². The Morgan fingerprint density at radius 2 is 2.10 bits per heavy atom. The number of nitrogens with two attached hydrogens (primary N) is 1. The van der Waals surface area contributed by atoms with Gasteiger partial charge in [0, 0.05) is 30.9 Å². The first-order valence-corrected chi connectivity index (χ1v) is 8.39. The molecule has 0 bridgehead atoms. The van der Waals surface area contributed by atoms with Crippen LogP contribution in [-0.2, 0) is 10.0 Å². The molecule has 1 heterocycles. The summed E-state index contributed by atoms with van der Waals surface area (Å²) in [6.07, 6.45) is 1.76. The summed E-state index contributed by atoms with van der Waals surface area (Å²) >= 11 is 0. The summed E-state index contributed by atoms with van der Waals surface area (Å²) in [5.41, 5.74) is 6.12. The Hall–Kier alpha value is -1.18. The van der Waals surface area contributed by atoms with E-state index in [1.54, 1.807) is 7.05 Å². The van der Waals surface area contributed by atoms with Gasteiger partial charge in [0.05, 0.1) is 4.90 Å². The number of sulfonamides is 1. The Morgan fingerprint density at radius 3 is 2.67 bits per heavy atom. The fourth-order valence-electron chi connectivity index (χ4n) is 2.62. The molecule has 1 aliphatic heterocycles. The zero-order valence-electron chi connectivity index (χ0n) is 12.6. The zero-order chi connectivity index (χ0) is 15.8. The number of likely N-dealkylation sites (N-methyl/N-ethyl adjacent to an activating group) is 2. The number of piperidine rings is 1. The van der Waals surface area contributed by atoms with Crippen molar-refractivity contribution in [1.29, 1.82) is 0 Å². The van der Waals surface area contributed by atoms with Crippen molar-refractivity contribution in [2.24, 2.45) is 0 Å². The minimum absolute atomic E-state index is 0.0844. The van der Waals surface area contributed by atoms with Gasteiger partial charge < -0.3 is 10.6 Å². The molecule has 0 aromatic heterocycles. The van der Waals surface area contributed by atoms with Gasteiger partial charge in [0.25, 0.3) is 0 Å². The number of nitrogen functional groups attached to an aromatic ring is 1. The summed E-state index contributed by atoms with van der Waals surface area (Å²) in [5, 5.41) is 0. The molecule has 1 aromatic rings. The third-order valence-electron chi connectivity index (χ3n) is 4.15. The first kappa shape index (κ1) is 16.2. The van der Waals surface area contributed by atoms with Crippen molar-refractivity contribution in [3.05, 3.63) is 23.5 Å². The lowest BCUT2D eigenvalue weighted by molar-refractivity contribution is 0.187. The number of anilines is 1. The number of likely N-dealkylation sites (tertiary alicyclic amines) is 1. The van der Waals surface area contributed by atoms with Crippen LogP contribution in [0.15, 0.2) is 17.0 Å². The molecule has 0 saturated carbocycles. The molecular formula is C14H22FN3O2S. The number of nitrogens with zero attached hydrogens (tertiary/aromatic N) is 2. The highest BCUT2D eigenvalue weighted by Crippen LogP contribution is 2.26. The van der Waals surface area contributed by atoms with Gasteiger partial charge in [-0.15, -0.1) is 0 Å². The summed E-state index contributed by atoms with van der Waals surface area (Å²) in [5.74, 6) is -0.595. The number of hydrogen-bond donors (Lipinski definition) is 1. The molecule has 1 fully saturated rings. The maximum absolute atomic E-state index is 13.8. The van der Waals surface area contributed by atoms with Crippen LogP contribution in [0.5, 0.6) is 0 Å². The topological polar surface area (TPSA) is 66.6 Å². The normalized spacial score (nSPS) is 20.9. The zero-order valence-corrected chi connectivity index (χ0v) is 13.5. The standard InChI is InChI=1S/C14H22FN3O2S/c1-10-13(15)7-12(8-14(10)16)21(19,20)18(3)11-5-4-6-17(2)9-11/h7-8,11H,4-6,9,16H2,1-3H3. The molecule has 1 atom stereocenters. The van der Waals surface area contributed by atoms with Crippen molar-refractivity contribution in [2.75, 3.05) is 32.9 Å². The van der Waals surface area contributed by atoms with Gasteiger partial charge in [-0.25, -0.2) is 12.8 Å². The molecule has 1 aromatic carbocycles. The highest BCUT2D eigenvalue weighted by Gasteiger charge is 2.31. The molecule has 2 N–H and O–H groups in total. The molecule has 1 aliphatic rings. The van der Waals surface area contributed by atoms with Gasteiger partial charge in [-0.1, -0.05) is 0 Å². The van der Waals surface area contributed by atoms with Crippen molar-refractivity contribution >= 4 is 15.7 Å². The van der Waals surface area contributed by atoms with Crippen LogP contribution in [0.3, 0.4) is 0 Å². The van der Waals surface area contributed by atoms with E-state index >= 15 is 0 Å². The second-order valence-corrected chi connectivity index (χ2v) is 7.70. The highest BCUT2D eigenvalue weighted by atomic mass is 32.2. The van der Waals surface area contributed by atoms with Crippen LogP contribution in [0.1, 0.15) is 18.4 Å². The summed E-state index contributed by atoms with van der Waals surface area (Å²) in [6.45, 7) is 3.18. The van der Waals surface area contributed by atoms with E-state index in [1.165, 1.54) is 17.3 Å². The minimum atomic E-state index is -3.74. The molecule has 118 valence electrons. The van der Waals surface area contributed by atoms with Gasteiger partial charge in [0.15, 0.2) is 0 Å². The van der Waals surface area contributed by atoms with Crippen LogP contribution >= 0.6 is 0 Å². The molecule has 0 amide bonds. The van der Waals surface area contributed by atoms with Crippen LogP contribution in [0.2, 0.25) is 0 Å². The van der Waals surface area contributed by atoms with Crippen molar-refractivity contribution in [3.8, 4) is 0 Å². The van der Waals surface area contributed by atoms with Crippen molar-refractivity contribution in [2.45, 2.75) is 30.7 Å². The van der Waals surface area contributed by atoms with E-state index in [4.69, 9.17) is 5.73 Å². The second kappa shape index (κ2) is 5.90. The van der Waals surface area contributed by atoms with Crippen LogP contribution in [-0.4, -0.2) is 50.8 Å². The molecule has 0 aliphatic carbocycles. The Morgan fingerprint density at radius 1 is 1.43 bits per heavy atom. The molecule has 0 radical (unpaired) electrons. The summed E-state index contributed by atoms with van der Waals surface area (Å²) in [7, 11) is -0.220. The number of hydrogen-bond acceptors (Lipinski definition) is 4. The molecule has 7 heteroatoms. The fraction of sp³-hybridized carbons (Fsp3) is 0.571. The van der Waals surface area contributed by atoms with Gasteiger partial charge in [0.1, 0.15) is 5.82 Å². The monoisotopic (exact) mass is 315 g/mol. The predicted molar refractivity (Wildman–Crippen MR) is 81.0 cm³/mol. The molecule has 1 unspecified atom stereocenters. The second-order valence-electron chi connectivity index (χ2n) is 5.70. The third-order valence-corrected chi connectivity index (χ3v) is 6.04. The molecular weight excluding hydrogens is 293 g/mol. The number of rotatable bonds is 3. The highest BCUT2D eigenvalue weighted by molar-refractivity contribution is 7.89. The van der Waals surface area contributed by atoms with Gasteiger partial charge in [-0.2, -0.15) is 4.31 Å². The first-order valence-electron chi connectivity index (χ1n) is 6.95. The van der Waals surface area contributed by atoms with Gasteiger partial charge in [-0.05, 0) is 45.5 Å². The van der Waals surface area contributed by atoms with Crippen molar-refractivity contribution < 1.29 is 12.8 Å². The molecule has 2 rings (SSSR count).